The predicted octanol–water partition coefficient (Wildman–Crippen LogP) is 3.70. The Labute approximate surface area is 107 Å². The third-order valence-corrected chi connectivity index (χ3v) is 3.60. The quantitative estimate of drug-likeness (QED) is 0.595. The van der Waals surface area contributed by atoms with Crippen molar-refractivity contribution < 1.29 is 8.76 Å². The molecule has 0 aromatic heterocycles. The van der Waals surface area contributed by atoms with Gasteiger partial charge < -0.3 is 4.55 Å². The lowest BCUT2D eigenvalue weighted by atomic mass is 9.96. The number of hydrogen-bond donors (Lipinski definition) is 1. The normalized spacial score (nSPS) is 12.6. The minimum atomic E-state index is -1.75. The van der Waals surface area contributed by atoms with E-state index in [4.69, 9.17) is 4.55 Å². The summed E-state index contributed by atoms with van der Waals surface area (Å²) in [6.45, 7) is 4.28. The molecule has 0 saturated carbocycles. The van der Waals surface area contributed by atoms with Crippen LogP contribution in [-0.2, 0) is 29.7 Å². The number of unbranched alkanes of at least 4 members (excludes halogenated alkanes) is 2. The molecule has 96 valence electrons. The second kappa shape index (κ2) is 7.62. The zero-order valence-corrected chi connectivity index (χ0v) is 11.6. The SMILES string of the molecule is CCCCCc1cccc(CC)c1CS(=O)O. The minimum absolute atomic E-state index is 0.269. The summed E-state index contributed by atoms with van der Waals surface area (Å²) in [5.41, 5.74) is 3.55. The summed E-state index contributed by atoms with van der Waals surface area (Å²) in [5, 5.41) is 0. The molecule has 1 aromatic rings. The molecule has 2 nitrogen and oxygen atoms in total. The van der Waals surface area contributed by atoms with Gasteiger partial charge in [-0.05, 0) is 36.0 Å². The van der Waals surface area contributed by atoms with Crippen LogP contribution in [0.3, 0.4) is 0 Å². The molecule has 3 heteroatoms. The van der Waals surface area contributed by atoms with E-state index >= 15 is 0 Å². The highest BCUT2D eigenvalue weighted by molar-refractivity contribution is 7.78. The summed E-state index contributed by atoms with van der Waals surface area (Å²) < 4.78 is 20.1. The maximum Gasteiger partial charge on any atom is 0.157 e. The van der Waals surface area contributed by atoms with E-state index in [1.807, 2.05) is 0 Å². The summed E-state index contributed by atoms with van der Waals surface area (Å²) in [6.07, 6.45) is 5.53. The average molecular weight is 254 g/mol. The zero-order valence-electron chi connectivity index (χ0n) is 10.7. The van der Waals surface area contributed by atoms with E-state index in [0.717, 1.165) is 24.8 Å². The monoisotopic (exact) mass is 254 g/mol. The number of rotatable bonds is 7. The van der Waals surface area contributed by atoms with Gasteiger partial charge in [0.2, 0.25) is 0 Å². The van der Waals surface area contributed by atoms with E-state index in [9.17, 15) is 4.21 Å². The van der Waals surface area contributed by atoms with Crippen LogP contribution >= 0.6 is 0 Å². The third kappa shape index (κ3) is 4.60. The Kier molecular flexibility index (Phi) is 6.45. The van der Waals surface area contributed by atoms with E-state index in [1.54, 1.807) is 0 Å². The lowest BCUT2D eigenvalue weighted by Crippen LogP contribution is -2.03. The molecular formula is C14H22O2S. The zero-order chi connectivity index (χ0) is 12.7. The minimum Gasteiger partial charge on any atom is -0.306 e. The lowest BCUT2D eigenvalue weighted by Gasteiger charge is -2.12. The maximum absolute atomic E-state index is 11.0. The summed E-state index contributed by atoms with van der Waals surface area (Å²) >= 11 is -1.75. The van der Waals surface area contributed by atoms with E-state index in [2.05, 4.69) is 32.0 Å². The average Bonchev–Trinajstić information content (AvgIpc) is 2.30. The molecule has 0 fully saturated rings. The highest BCUT2D eigenvalue weighted by Gasteiger charge is 2.09. The fourth-order valence-corrected chi connectivity index (χ4v) is 2.75. The van der Waals surface area contributed by atoms with Gasteiger partial charge >= 0.3 is 0 Å². The molecule has 0 amide bonds. The van der Waals surface area contributed by atoms with Crippen LogP contribution in [-0.4, -0.2) is 8.76 Å². The lowest BCUT2D eigenvalue weighted by molar-refractivity contribution is 0.563. The van der Waals surface area contributed by atoms with Gasteiger partial charge in [-0.2, -0.15) is 0 Å². The van der Waals surface area contributed by atoms with E-state index in [0.29, 0.717) is 0 Å². The van der Waals surface area contributed by atoms with Crippen LogP contribution in [0.1, 0.15) is 49.8 Å². The molecule has 0 heterocycles. The Morgan fingerprint density at radius 2 is 1.88 bits per heavy atom. The first-order valence-corrected chi connectivity index (χ1v) is 7.63. The Bertz CT molecular complexity index is 374. The van der Waals surface area contributed by atoms with Crippen molar-refractivity contribution >= 4 is 11.1 Å². The Morgan fingerprint density at radius 1 is 1.18 bits per heavy atom. The van der Waals surface area contributed by atoms with Crippen LogP contribution in [0.5, 0.6) is 0 Å². The number of hydrogen-bond acceptors (Lipinski definition) is 1. The van der Waals surface area contributed by atoms with E-state index < -0.39 is 11.1 Å². The summed E-state index contributed by atoms with van der Waals surface area (Å²) in [6, 6.07) is 6.21. The van der Waals surface area contributed by atoms with Gasteiger partial charge in [-0.1, -0.05) is 44.9 Å². The second-order valence-electron chi connectivity index (χ2n) is 4.33. The van der Waals surface area contributed by atoms with Gasteiger partial charge in [0.15, 0.2) is 11.1 Å². The molecule has 0 aliphatic carbocycles. The number of benzene rings is 1. The molecule has 1 atom stereocenters. The largest absolute Gasteiger partial charge is 0.306 e. The van der Waals surface area contributed by atoms with E-state index in [-0.39, 0.29) is 5.75 Å². The molecule has 0 spiro atoms. The van der Waals surface area contributed by atoms with Crippen molar-refractivity contribution in [2.45, 2.75) is 51.7 Å². The molecule has 1 N–H and O–H groups in total. The first kappa shape index (κ1) is 14.4. The van der Waals surface area contributed by atoms with Gasteiger partial charge in [-0.25, -0.2) is 4.21 Å². The van der Waals surface area contributed by atoms with Crippen molar-refractivity contribution in [2.24, 2.45) is 0 Å². The van der Waals surface area contributed by atoms with Gasteiger partial charge in [0.05, 0.1) is 5.75 Å². The summed E-state index contributed by atoms with van der Waals surface area (Å²) in [7, 11) is 0. The summed E-state index contributed by atoms with van der Waals surface area (Å²) in [4.78, 5) is 0. The van der Waals surface area contributed by atoms with Gasteiger partial charge in [0.25, 0.3) is 0 Å². The van der Waals surface area contributed by atoms with Crippen molar-refractivity contribution in [1.29, 1.82) is 0 Å². The fourth-order valence-electron chi connectivity index (χ4n) is 2.13. The Hall–Kier alpha value is -0.670. The van der Waals surface area contributed by atoms with Crippen LogP contribution in [0.25, 0.3) is 0 Å². The molecule has 17 heavy (non-hydrogen) atoms. The molecule has 1 unspecified atom stereocenters. The highest BCUT2D eigenvalue weighted by atomic mass is 32.2. The molecule has 0 saturated heterocycles. The van der Waals surface area contributed by atoms with Crippen molar-refractivity contribution in [3.8, 4) is 0 Å². The van der Waals surface area contributed by atoms with Crippen molar-refractivity contribution in [1.82, 2.24) is 0 Å². The van der Waals surface area contributed by atoms with Crippen LogP contribution < -0.4 is 0 Å². The van der Waals surface area contributed by atoms with Crippen LogP contribution in [0.4, 0.5) is 0 Å². The predicted molar refractivity (Wildman–Crippen MR) is 73.5 cm³/mol. The van der Waals surface area contributed by atoms with Crippen molar-refractivity contribution in [2.75, 3.05) is 0 Å². The fraction of sp³-hybridized carbons (Fsp3) is 0.571. The third-order valence-electron chi connectivity index (χ3n) is 3.07. The Balaban J connectivity index is 2.89. The number of aryl methyl sites for hydroxylation is 2. The molecule has 1 aromatic carbocycles. The van der Waals surface area contributed by atoms with Gasteiger partial charge in [0, 0.05) is 0 Å². The molecule has 0 aliphatic rings. The molecular weight excluding hydrogens is 232 g/mol. The standard InChI is InChI=1S/C14H22O2S/c1-3-5-6-8-13-10-7-9-12(4-2)14(13)11-17(15)16/h7,9-10H,3-6,8,11H2,1-2H3,(H,15,16). The van der Waals surface area contributed by atoms with Crippen LogP contribution in [0.2, 0.25) is 0 Å². The second-order valence-corrected chi connectivity index (χ2v) is 5.26. The first-order valence-electron chi connectivity index (χ1n) is 6.36. The van der Waals surface area contributed by atoms with Crippen LogP contribution in [0.15, 0.2) is 18.2 Å². The maximum atomic E-state index is 11.0. The van der Waals surface area contributed by atoms with E-state index in [1.165, 1.54) is 24.0 Å². The molecule has 1 rings (SSSR count). The van der Waals surface area contributed by atoms with Gasteiger partial charge in [-0.3, -0.25) is 0 Å². The smallest absolute Gasteiger partial charge is 0.157 e. The van der Waals surface area contributed by atoms with Crippen molar-refractivity contribution in [3.05, 3.63) is 34.9 Å². The molecule has 0 radical (unpaired) electrons. The van der Waals surface area contributed by atoms with Gasteiger partial charge in [0.1, 0.15) is 0 Å². The first-order chi connectivity index (χ1) is 8.19. The van der Waals surface area contributed by atoms with Crippen LogP contribution in [0, 0.1) is 0 Å². The van der Waals surface area contributed by atoms with Gasteiger partial charge in [-0.15, -0.1) is 0 Å². The Morgan fingerprint density at radius 3 is 2.47 bits per heavy atom. The molecule has 0 aliphatic heterocycles. The topological polar surface area (TPSA) is 37.3 Å². The van der Waals surface area contributed by atoms with Crippen molar-refractivity contribution in [3.63, 3.8) is 0 Å². The molecule has 0 bridgehead atoms. The highest BCUT2D eigenvalue weighted by Crippen LogP contribution is 2.19. The summed E-state index contributed by atoms with van der Waals surface area (Å²) in [5.74, 6) is 0.269.